The molecule has 0 unspecified atom stereocenters. The van der Waals surface area contributed by atoms with E-state index in [0.29, 0.717) is 11.1 Å². The molecule has 6 rings (SSSR count). The molecule has 13 nitrogen and oxygen atoms in total. The molecule has 4 aromatic carbocycles. The molecule has 0 radical (unpaired) electrons. The minimum atomic E-state index is -0.683. The van der Waals surface area contributed by atoms with Gasteiger partial charge in [0, 0.05) is 35.4 Å². The number of benzene rings is 4. The van der Waals surface area contributed by atoms with Gasteiger partial charge in [0.25, 0.3) is 0 Å². The summed E-state index contributed by atoms with van der Waals surface area (Å²) in [5.74, 6) is -2.49. The van der Waals surface area contributed by atoms with Crippen LogP contribution in [0.2, 0.25) is 0 Å². The average Bonchev–Trinajstić information content (AvgIpc) is 2.90. The Morgan fingerprint density at radius 2 is 0.767 bits per heavy atom. The summed E-state index contributed by atoms with van der Waals surface area (Å²) < 4.78 is 12.0. The number of hydrogen-bond donors (Lipinski definition) is 6. The third kappa shape index (κ3) is 5.13. The van der Waals surface area contributed by atoms with Crippen LogP contribution in [0.5, 0.6) is 34.5 Å². The van der Waals surface area contributed by atoms with Crippen LogP contribution < -0.4 is 10.9 Å². The van der Waals surface area contributed by atoms with Crippen molar-refractivity contribution in [3.63, 3.8) is 0 Å². The molecule has 6 aromatic rings. The van der Waals surface area contributed by atoms with Gasteiger partial charge >= 0.3 is 0 Å². The van der Waals surface area contributed by atoms with Crippen molar-refractivity contribution >= 4 is 21.9 Å². The van der Waals surface area contributed by atoms with Crippen molar-refractivity contribution in [3.8, 4) is 68.3 Å². The van der Waals surface area contributed by atoms with Crippen molar-refractivity contribution in [1.29, 1.82) is 0 Å². The van der Waals surface area contributed by atoms with E-state index in [9.17, 15) is 40.2 Å². The van der Waals surface area contributed by atoms with Crippen molar-refractivity contribution in [3.05, 3.63) is 93.2 Å². The summed E-state index contributed by atoms with van der Waals surface area (Å²) >= 11 is 0. The maximum Gasteiger partial charge on any atom is 0.197 e. The number of phenolic OH excluding ortho intramolecular Hbond substituents is 6. The summed E-state index contributed by atoms with van der Waals surface area (Å²) in [6.07, 6.45) is 0. The van der Waals surface area contributed by atoms with Crippen LogP contribution in [0.4, 0.5) is 0 Å². The second-order valence-electron chi connectivity index (χ2n) is 9.03. The Morgan fingerprint density at radius 1 is 0.442 bits per heavy atom. The molecule has 0 saturated carbocycles. The van der Waals surface area contributed by atoms with Crippen molar-refractivity contribution in [2.45, 2.75) is 0 Å². The van der Waals surface area contributed by atoms with Gasteiger partial charge in [-0.05, 0) is 48.5 Å². The Bertz CT molecular complexity index is 1940. The summed E-state index contributed by atoms with van der Waals surface area (Å²) in [6.45, 7) is 0. The van der Waals surface area contributed by atoms with Gasteiger partial charge in [-0.3, -0.25) is 9.59 Å². The van der Waals surface area contributed by atoms with Gasteiger partial charge in [0.2, 0.25) is 0 Å². The van der Waals surface area contributed by atoms with Gasteiger partial charge in [0.05, 0.1) is 11.1 Å². The van der Waals surface area contributed by atoms with Crippen LogP contribution in [0.15, 0.2) is 91.2 Å². The fraction of sp³-hybridized carbons (Fsp3) is 0. The first kappa shape index (κ1) is 31.5. The molecule has 0 fully saturated rings. The number of fused-ring (bicyclic) bond motifs is 2. The maximum absolute atomic E-state index is 13.1. The second-order valence-corrected chi connectivity index (χ2v) is 9.03. The topological polar surface area (TPSA) is 276 Å². The molecular weight excluding hydrogens is 568 g/mol. The smallest absolute Gasteiger partial charge is 0.197 e. The number of hydrogen-bond acceptors (Lipinski definition) is 10. The number of aromatic hydroxyl groups is 6. The van der Waals surface area contributed by atoms with Gasteiger partial charge in [-0.1, -0.05) is 0 Å². The monoisotopic (exact) mass is 592 g/mol. The molecule has 2 heterocycles. The molecular formula is C30H24O13. The SMILES string of the molecule is O.O.O.O=c1cc(-c2ccc(O)cc2)oc2c(-c3c(O)cc(O)c4c(=O)cc(-c5ccc(O)cc5)oc34)c(O)cc(O)c12. The van der Waals surface area contributed by atoms with Crippen molar-refractivity contribution in [2.75, 3.05) is 0 Å². The highest BCUT2D eigenvalue weighted by Crippen LogP contribution is 2.48. The molecule has 0 amide bonds. The lowest BCUT2D eigenvalue weighted by atomic mass is 9.96. The maximum atomic E-state index is 13.1. The largest absolute Gasteiger partial charge is 0.508 e. The summed E-state index contributed by atoms with van der Waals surface area (Å²) in [4.78, 5) is 26.3. The zero-order valence-corrected chi connectivity index (χ0v) is 21.7. The highest BCUT2D eigenvalue weighted by Gasteiger charge is 2.27. The van der Waals surface area contributed by atoms with Gasteiger partial charge in [0.1, 0.15) is 56.8 Å². The van der Waals surface area contributed by atoms with Gasteiger partial charge in [-0.2, -0.15) is 0 Å². The van der Waals surface area contributed by atoms with E-state index < -0.39 is 33.9 Å². The van der Waals surface area contributed by atoms with Crippen LogP contribution in [-0.4, -0.2) is 47.1 Å². The quantitative estimate of drug-likeness (QED) is 0.175. The minimum Gasteiger partial charge on any atom is -0.508 e. The molecule has 0 atom stereocenters. The number of phenols is 6. The summed E-state index contributed by atoms with van der Waals surface area (Å²) in [7, 11) is 0. The van der Waals surface area contributed by atoms with E-state index >= 15 is 0 Å². The van der Waals surface area contributed by atoms with E-state index in [1.165, 1.54) is 48.5 Å². The molecule has 0 saturated heterocycles. The van der Waals surface area contributed by atoms with Crippen molar-refractivity contribution < 1.29 is 55.9 Å². The average molecular weight is 593 g/mol. The third-order valence-corrected chi connectivity index (χ3v) is 6.47. The van der Waals surface area contributed by atoms with Gasteiger partial charge < -0.3 is 55.9 Å². The lowest BCUT2D eigenvalue weighted by Gasteiger charge is -2.15. The normalized spacial score (nSPS) is 10.5. The van der Waals surface area contributed by atoms with Crippen LogP contribution >= 0.6 is 0 Å². The molecule has 0 aliphatic carbocycles. The van der Waals surface area contributed by atoms with E-state index in [1.807, 2.05) is 0 Å². The summed E-state index contributed by atoms with van der Waals surface area (Å²) in [6, 6.07) is 15.4. The molecule has 222 valence electrons. The van der Waals surface area contributed by atoms with Crippen LogP contribution in [0, 0.1) is 0 Å². The van der Waals surface area contributed by atoms with Gasteiger partial charge in [0.15, 0.2) is 22.0 Å². The molecule has 0 aliphatic heterocycles. The molecule has 13 heteroatoms. The third-order valence-electron chi connectivity index (χ3n) is 6.47. The highest BCUT2D eigenvalue weighted by molar-refractivity contribution is 6.08. The van der Waals surface area contributed by atoms with E-state index in [2.05, 4.69) is 0 Å². The van der Waals surface area contributed by atoms with E-state index in [1.54, 1.807) is 0 Å². The zero-order chi connectivity index (χ0) is 28.3. The Morgan fingerprint density at radius 3 is 1.09 bits per heavy atom. The first-order chi connectivity index (χ1) is 19.1. The number of rotatable bonds is 3. The van der Waals surface area contributed by atoms with Gasteiger partial charge in [-0.15, -0.1) is 0 Å². The van der Waals surface area contributed by atoms with Crippen LogP contribution in [0.25, 0.3) is 55.7 Å². The lowest BCUT2D eigenvalue weighted by molar-refractivity contribution is 0.447. The molecule has 0 spiro atoms. The Kier molecular flexibility index (Phi) is 8.40. The molecule has 0 bridgehead atoms. The molecule has 2 aromatic heterocycles. The van der Waals surface area contributed by atoms with Crippen LogP contribution in [-0.2, 0) is 0 Å². The molecule has 43 heavy (non-hydrogen) atoms. The predicted octanol–water partition coefficient (Wildman–Crippen LogP) is 2.66. The van der Waals surface area contributed by atoms with Crippen LogP contribution in [0.1, 0.15) is 0 Å². The first-order valence-electron chi connectivity index (χ1n) is 11.8. The summed E-state index contributed by atoms with van der Waals surface area (Å²) in [5.41, 5.74) is -1.87. The van der Waals surface area contributed by atoms with E-state index in [0.717, 1.165) is 24.3 Å². The molecule has 0 aliphatic rings. The Balaban J connectivity index is 0.00000169. The molecule has 12 N–H and O–H groups in total. The Hall–Kier alpha value is -6.02. The van der Waals surface area contributed by atoms with Crippen molar-refractivity contribution in [1.82, 2.24) is 0 Å². The highest BCUT2D eigenvalue weighted by atomic mass is 16.3. The zero-order valence-electron chi connectivity index (χ0n) is 21.7. The lowest BCUT2D eigenvalue weighted by Crippen LogP contribution is -2.04. The fourth-order valence-electron chi connectivity index (χ4n) is 4.62. The van der Waals surface area contributed by atoms with Crippen LogP contribution in [0.3, 0.4) is 0 Å². The van der Waals surface area contributed by atoms with Crippen molar-refractivity contribution in [2.24, 2.45) is 0 Å². The van der Waals surface area contributed by atoms with E-state index in [4.69, 9.17) is 8.83 Å². The van der Waals surface area contributed by atoms with Gasteiger partial charge in [-0.25, -0.2) is 0 Å². The Labute approximate surface area is 239 Å². The fourth-order valence-corrected chi connectivity index (χ4v) is 4.62. The minimum absolute atomic E-state index is 0. The first-order valence-corrected chi connectivity index (χ1v) is 11.8. The second kappa shape index (κ2) is 11.5. The predicted molar refractivity (Wildman–Crippen MR) is 156 cm³/mol. The summed E-state index contributed by atoms with van der Waals surface area (Å²) in [5, 5.41) is 61.7. The standard InChI is InChI=1S/C30H18O10.3H2O/c31-15-5-1-13(2-6-15)23-11-21(37)25-17(33)9-19(35)27(29(25)39-23)28-20(36)10-18(34)26-22(38)12-24(40-30(26)28)14-3-7-16(32)8-4-14;;;/h1-12,31-36H;3*1H2. The van der Waals surface area contributed by atoms with E-state index in [-0.39, 0.29) is 72.5 Å².